The first-order valence-electron chi connectivity index (χ1n) is 19.4. The van der Waals surface area contributed by atoms with E-state index in [-0.39, 0.29) is 48.9 Å². The predicted octanol–water partition coefficient (Wildman–Crippen LogP) is 13.3. The van der Waals surface area contributed by atoms with Crippen LogP contribution in [0.4, 0.5) is 0 Å². The first-order valence-corrected chi connectivity index (χ1v) is 27.9. The van der Waals surface area contributed by atoms with Crippen molar-refractivity contribution in [1.82, 2.24) is 0 Å². The summed E-state index contributed by atoms with van der Waals surface area (Å²) in [6, 6.07) is 0. The number of hydrogen-bond acceptors (Lipinski definition) is 8. The van der Waals surface area contributed by atoms with Gasteiger partial charge in [0.1, 0.15) is 0 Å². The maximum atomic E-state index is 12.1. The fourth-order valence-electron chi connectivity index (χ4n) is 5.02. The van der Waals surface area contributed by atoms with Gasteiger partial charge in [-0.15, -0.1) is 22.8 Å². The van der Waals surface area contributed by atoms with Crippen LogP contribution in [-0.2, 0) is 32.7 Å². The van der Waals surface area contributed by atoms with Crippen molar-refractivity contribution >= 4 is 107 Å². The van der Waals surface area contributed by atoms with Gasteiger partial charge in [-0.3, -0.25) is 0 Å². The van der Waals surface area contributed by atoms with Crippen LogP contribution in [0.2, 0.25) is 0 Å². The molecule has 0 aliphatic carbocycles. The van der Waals surface area contributed by atoms with Gasteiger partial charge in [-0.05, 0) is 37.2 Å². The molecule has 47 heavy (non-hydrogen) atoms. The van der Waals surface area contributed by atoms with E-state index in [1.54, 1.807) is 0 Å². The third-order valence-corrected chi connectivity index (χ3v) is 16.7. The van der Waals surface area contributed by atoms with Crippen LogP contribution in [-0.4, -0.2) is 73.6 Å². The zero-order valence-corrected chi connectivity index (χ0v) is 41.0. The Morgan fingerprint density at radius 2 is 0.596 bits per heavy atom. The van der Waals surface area contributed by atoms with Crippen LogP contribution in [0.3, 0.4) is 0 Å². The Balaban J connectivity index is -0.000000807. The fraction of sp³-hybridized carbons (Fsp3) is 1.00. The first-order chi connectivity index (χ1) is 22.2. The van der Waals surface area contributed by atoms with Gasteiger partial charge in [-0.2, -0.15) is 0 Å². The van der Waals surface area contributed by atoms with Crippen molar-refractivity contribution in [1.29, 1.82) is 0 Å². The minimum Gasteiger partial charge on any atom is -0.793 e. The van der Waals surface area contributed by atoms with Gasteiger partial charge in [-0.1, -0.05) is 205 Å². The zero-order valence-electron chi connectivity index (χ0n) is 31.5. The molecule has 0 amide bonds. The van der Waals surface area contributed by atoms with Crippen molar-refractivity contribution < 1.29 is 18.8 Å². The van der Waals surface area contributed by atoms with Crippen LogP contribution in [0.1, 0.15) is 207 Å². The standard InChI is InChI=1S/2C18H39O2PS2.Ba/c2*1-3-5-7-9-11-13-15-17-20-21(19,22)23-18-16-14-12-10-8-6-4-2;/h2*3-18H2,1-2H3,(H,19,22);/q;;+2/p-2. The molecule has 0 aliphatic heterocycles. The van der Waals surface area contributed by atoms with E-state index in [0.29, 0.717) is 13.2 Å². The van der Waals surface area contributed by atoms with Gasteiger partial charge in [0.2, 0.25) is 0 Å². The van der Waals surface area contributed by atoms with Crippen molar-refractivity contribution in [3.63, 3.8) is 0 Å². The molecule has 0 aromatic carbocycles. The topological polar surface area (TPSA) is 64.6 Å². The Bertz CT molecular complexity index is 591. The van der Waals surface area contributed by atoms with Crippen LogP contribution in [0, 0.1) is 0 Å². The Labute approximate surface area is 353 Å². The number of rotatable bonds is 36. The maximum Gasteiger partial charge on any atom is 2.00 e. The smallest absolute Gasteiger partial charge is 0.793 e. The minimum atomic E-state index is -2.82. The number of hydrogen-bond donors (Lipinski definition) is 0. The molecule has 280 valence electrons. The van der Waals surface area contributed by atoms with Crippen LogP contribution >= 0.6 is 34.2 Å². The normalized spacial score (nSPS) is 13.7. The van der Waals surface area contributed by atoms with E-state index in [0.717, 1.165) is 37.2 Å². The third kappa shape index (κ3) is 49.4. The van der Waals surface area contributed by atoms with Crippen LogP contribution in [0.15, 0.2) is 0 Å². The summed E-state index contributed by atoms with van der Waals surface area (Å²) in [5.41, 5.74) is -5.65. The van der Waals surface area contributed by atoms with E-state index >= 15 is 0 Å². The summed E-state index contributed by atoms with van der Waals surface area (Å²) in [6.45, 7) is 10.1. The zero-order chi connectivity index (χ0) is 34.5. The summed E-state index contributed by atoms with van der Waals surface area (Å²) in [5.74, 6) is 1.76. The molecule has 0 bridgehead atoms. The molecule has 0 aromatic rings. The van der Waals surface area contributed by atoms with Gasteiger partial charge in [0.25, 0.3) is 0 Å². The molecule has 0 aliphatic rings. The SMILES string of the molecule is CCCCCCCCCOP([O-])(=S)SCCCCCCCCC.CCCCCCCCCOP([O-])(=S)SCCCCCCCCC.[Ba+2]. The molecule has 0 spiro atoms. The Hall–Kier alpha value is 3.41. The molecular formula is C36H76BaO4P2S4. The molecule has 4 nitrogen and oxygen atoms in total. The summed E-state index contributed by atoms with van der Waals surface area (Å²) >= 11 is 13.0. The second-order valence-electron chi connectivity index (χ2n) is 12.7. The summed E-state index contributed by atoms with van der Waals surface area (Å²) in [5, 5.41) is 0. The average molecular weight is 901 g/mol. The molecular weight excluding hydrogens is 824 g/mol. The molecule has 0 rings (SSSR count). The van der Waals surface area contributed by atoms with Crippen molar-refractivity contribution in [2.45, 2.75) is 207 Å². The maximum absolute atomic E-state index is 12.1. The second-order valence-corrected chi connectivity index (χ2v) is 25.1. The summed E-state index contributed by atoms with van der Waals surface area (Å²) in [6.07, 6.45) is 35.3. The van der Waals surface area contributed by atoms with Gasteiger partial charge in [0, 0.05) is 11.4 Å². The monoisotopic (exact) mass is 900 g/mol. The molecule has 0 fully saturated rings. The van der Waals surface area contributed by atoms with Gasteiger partial charge < -0.3 is 18.8 Å². The molecule has 0 saturated carbocycles. The van der Waals surface area contributed by atoms with Crippen molar-refractivity contribution in [2.75, 3.05) is 24.7 Å². The largest absolute Gasteiger partial charge is 2.00 e. The van der Waals surface area contributed by atoms with Gasteiger partial charge in [-0.25, -0.2) is 0 Å². The molecule has 0 radical (unpaired) electrons. The average Bonchev–Trinajstić information content (AvgIpc) is 3.02. The molecule has 0 saturated heterocycles. The minimum absolute atomic E-state index is 0. The predicted molar refractivity (Wildman–Crippen MR) is 223 cm³/mol. The van der Waals surface area contributed by atoms with Crippen LogP contribution < -0.4 is 9.79 Å². The van der Waals surface area contributed by atoms with E-state index in [1.165, 1.54) is 177 Å². The summed E-state index contributed by atoms with van der Waals surface area (Å²) < 4.78 is 10.9. The Morgan fingerprint density at radius 3 is 0.851 bits per heavy atom. The fourth-order valence-corrected chi connectivity index (χ4v) is 11.8. The van der Waals surface area contributed by atoms with Crippen LogP contribution in [0.25, 0.3) is 0 Å². The summed E-state index contributed by atoms with van der Waals surface area (Å²) in [7, 11) is 0. The van der Waals surface area contributed by atoms with Crippen molar-refractivity contribution in [3.8, 4) is 0 Å². The van der Waals surface area contributed by atoms with E-state index in [9.17, 15) is 9.79 Å². The molecule has 0 aromatic heterocycles. The molecule has 2 unspecified atom stereocenters. The van der Waals surface area contributed by atoms with Crippen LogP contribution in [0.5, 0.6) is 0 Å². The molecule has 11 heteroatoms. The van der Waals surface area contributed by atoms with Gasteiger partial charge >= 0.3 is 48.9 Å². The van der Waals surface area contributed by atoms with Gasteiger partial charge in [0.05, 0.1) is 13.2 Å². The molecule has 0 N–H and O–H groups in total. The van der Waals surface area contributed by atoms with E-state index < -0.39 is 11.4 Å². The Morgan fingerprint density at radius 1 is 0.383 bits per heavy atom. The van der Waals surface area contributed by atoms with E-state index in [4.69, 9.17) is 32.7 Å². The number of unbranched alkanes of at least 4 members (excludes halogenated alkanes) is 24. The van der Waals surface area contributed by atoms with Gasteiger partial charge in [0.15, 0.2) is 0 Å². The van der Waals surface area contributed by atoms with E-state index in [2.05, 4.69) is 27.7 Å². The molecule has 0 heterocycles. The quantitative estimate of drug-likeness (QED) is 0.0350. The third-order valence-electron chi connectivity index (χ3n) is 7.99. The Kier molecular flexibility index (Phi) is 51.0. The first kappa shape index (κ1) is 54.8. The molecule has 2 atom stereocenters. The van der Waals surface area contributed by atoms with E-state index in [1.807, 2.05) is 0 Å². The van der Waals surface area contributed by atoms with Crippen molar-refractivity contribution in [3.05, 3.63) is 0 Å². The summed E-state index contributed by atoms with van der Waals surface area (Å²) in [4.78, 5) is 24.2. The second kappa shape index (κ2) is 43.8. The van der Waals surface area contributed by atoms with Crippen molar-refractivity contribution in [2.24, 2.45) is 0 Å².